The average molecular weight is 262 g/mol. The number of hydrogen-bond donors (Lipinski definition) is 1. The van der Waals surface area contributed by atoms with E-state index in [-0.39, 0.29) is 12.0 Å². The van der Waals surface area contributed by atoms with Gasteiger partial charge in [-0.25, -0.2) is 0 Å². The number of aryl methyl sites for hydroxylation is 1. The molecule has 0 radical (unpaired) electrons. The predicted molar refractivity (Wildman–Crippen MR) is 75.5 cm³/mol. The number of ether oxygens (including phenoxy) is 2. The Kier molecular flexibility index (Phi) is 5.65. The molecule has 2 atom stereocenters. The highest BCUT2D eigenvalue weighted by Gasteiger charge is 2.23. The first kappa shape index (κ1) is 15.3. The predicted octanol–water partition coefficient (Wildman–Crippen LogP) is 2.82. The first-order chi connectivity index (χ1) is 9.12. The molecule has 4 nitrogen and oxygen atoms in total. The van der Waals surface area contributed by atoms with Crippen molar-refractivity contribution in [3.05, 3.63) is 23.3 Å². The maximum absolute atomic E-state index is 9.26. The molecule has 0 aliphatic heterocycles. The standard InChI is InChI=1S/C15H22N2O2/c1-6-11(9-16)15(17-3)12-8-14(19-5)13(18-4)7-10(12)2/h7-8,11,15,17H,6H2,1-5H3. The van der Waals surface area contributed by atoms with E-state index < -0.39 is 0 Å². The summed E-state index contributed by atoms with van der Waals surface area (Å²) in [7, 11) is 5.12. The Morgan fingerprint density at radius 2 is 1.84 bits per heavy atom. The van der Waals surface area contributed by atoms with E-state index >= 15 is 0 Å². The van der Waals surface area contributed by atoms with Crippen molar-refractivity contribution < 1.29 is 9.47 Å². The van der Waals surface area contributed by atoms with Gasteiger partial charge in [-0.2, -0.15) is 5.26 Å². The van der Waals surface area contributed by atoms with E-state index in [2.05, 4.69) is 11.4 Å². The SMILES string of the molecule is CCC(C#N)C(NC)c1cc(OC)c(OC)cc1C. The van der Waals surface area contributed by atoms with Crippen LogP contribution in [0.3, 0.4) is 0 Å². The van der Waals surface area contributed by atoms with Gasteiger partial charge in [0.2, 0.25) is 0 Å². The second-order valence-electron chi connectivity index (χ2n) is 4.47. The number of benzene rings is 1. The molecule has 1 aromatic carbocycles. The molecule has 0 amide bonds. The third-order valence-electron chi connectivity index (χ3n) is 3.43. The van der Waals surface area contributed by atoms with Gasteiger partial charge in [0.05, 0.1) is 26.2 Å². The van der Waals surface area contributed by atoms with Crippen LogP contribution in [0.2, 0.25) is 0 Å². The second kappa shape index (κ2) is 7.01. The number of nitrogens with zero attached hydrogens (tertiary/aromatic N) is 1. The molecule has 0 aliphatic rings. The number of hydrogen-bond acceptors (Lipinski definition) is 4. The summed E-state index contributed by atoms with van der Waals surface area (Å²) in [5, 5.41) is 12.5. The molecule has 0 aliphatic carbocycles. The van der Waals surface area contributed by atoms with E-state index in [1.54, 1.807) is 14.2 Å². The Balaban J connectivity index is 3.28. The molecule has 0 spiro atoms. The number of rotatable bonds is 6. The highest BCUT2D eigenvalue weighted by molar-refractivity contribution is 5.48. The number of nitriles is 1. The van der Waals surface area contributed by atoms with Gasteiger partial charge in [-0.05, 0) is 43.7 Å². The van der Waals surface area contributed by atoms with Gasteiger partial charge in [-0.3, -0.25) is 0 Å². The molecule has 0 saturated carbocycles. The first-order valence-corrected chi connectivity index (χ1v) is 6.42. The van der Waals surface area contributed by atoms with Gasteiger partial charge in [-0.1, -0.05) is 6.92 Å². The van der Waals surface area contributed by atoms with Crippen LogP contribution in [-0.4, -0.2) is 21.3 Å². The molecular weight excluding hydrogens is 240 g/mol. The Labute approximate surface area is 115 Å². The minimum atomic E-state index is -0.0678. The number of nitrogens with one attached hydrogen (secondary N) is 1. The van der Waals surface area contributed by atoms with Crippen LogP contribution in [0.4, 0.5) is 0 Å². The second-order valence-corrected chi connectivity index (χ2v) is 4.47. The molecule has 104 valence electrons. The molecule has 1 rings (SSSR count). The van der Waals surface area contributed by atoms with Crippen LogP contribution < -0.4 is 14.8 Å². The van der Waals surface area contributed by atoms with Gasteiger partial charge in [0.1, 0.15) is 0 Å². The van der Waals surface area contributed by atoms with E-state index in [0.717, 1.165) is 17.5 Å². The van der Waals surface area contributed by atoms with Crippen LogP contribution in [0.25, 0.3) is 0 Å². The Morgan fingerprint density at radius 3 is 2.26 bits per heavy atom. The monoisotopic (exact) mass is 262 g/mol. The average Bonchev–Trinajstić information content (AvgIpc) is 2.44. The molecule has 1 aromatic rings. The highest BCUT2D eigenvalue weighted by Crippen LogP contribution is 2.35. The van der Waals surface area contributed by atoms with Gasteiger partial charge in [-0.15, -0.1) is 0 Å². The third-order valence-corrected chi connectivity index (χ3v) is 3.43. The van der Waals surface area contributed by atoms with Crippen molar-refractivity contribution >= 4 is 0 Å². The fraction of sp³-hybridized carbons (Fsp3) is 0.533. The molecule has 0 fully saturated rings. The largest absolute Gasteiger partial charge is 0.493 e. The Bertz CT molecular complexity index is 466. The summed E-state index contributed by atoms with van der Waals surface area (Å²) in [5.41, 5.74) is 2.17. The first-order valence-electron chi connectivity index (χ1n) is 6.42. The third kappa shape index (κ3) is 3.18. The zero-order valence-electron chi connectivity index (χ0n) is 12.3. The molecule has 0 bridgehead atoms. The Hall–Kier alpha value is -1.73. The van der Waals surface area contributed by atoms with Gasteiger partial charge in [0, 0.05) is 6.04 Å². The fourth-order valence-electron chi connectivity index (χ4n) is 2.31. The van der Waals surface area contributed by atoms with Crippen molar-refractivity contribution in [3.63, 3.8) is 0 Å². The Morgan fingerprint density at radius 1 is 1.26 bits per heavy atom. The molecule has 0 aromatic heterocycles. The molecular formula is C15H22N2O2. The molecule has 1 N–H and O–H groups in total. The van der Waals surface area contributed by atoms with E-state index in [1.165, 1.54) is 0 Å². The van der Waals surface area contributed by atoms with Gasteiger partial charge >= 0.3 is 0 Å². The quantitative estimate of drug-likeness (QED) is 0.856. The molecule has 4 heteroatoms. The van der Waals surface area contributed by atoms with Crippen molar-refractivity contribution in [1.82, 2.24) is 5.32 Å². The van der Waals surface area contributed by atoms with Crippen LogP contribution in [-0.2, 0) is 0 Å². The van der Waals surface area contributed by atoms with Crippen LogP contribution in [0.5, 0.6) is 11.5 Å². The van der Waals surface area contributed by atoms with Crippen LogP contribution in [0.15, 0.2) is 12.1 Å². The lowest BCUT2D eigenvalue weighted by molar-refractivity contribution is 0.352. The zero-order chi connectivity index (χ0) is 14.4. The summed E-state index contributed by atoms with van der Waals surface area (Å²) >= 11 is 0. The molecule has 2 unspecified atom stereocenters. The van der Waals surface area contributed by atoms with Gasteiger partial charge in [0.25, 0.3) is 0 Å². The van der Waals surface area contributed by atoms with E-state index in [4.69, 9.17) is 9.47 Å². The summed E-state index contributed by atoms with van der Waals surface area (Å²) in [6.07, 6.45) is 0.801. The lowest BCUT2D eigenvalue weighted by Gasteiger charge is -2.24. The number of methoxy groups -OCH3 is 2. The highest BCUT2D eigenvalue weighted by atomic mass is 16.5. The summed E-state index contributed by atoms with van der Waals surface area (Å²) in [6, 6.07) is 6.26. The smallest absolute Gasteiger partial charge is 0.161 e. The van der Waals surface area contributed by atoms with E-state index in [0.29, 0.717) is 11.5 Å². The minimum Gasteiger partial charge on any atom is -0.493 e. The van der Waals surface area contributed by atoms with Gasteiger partial charge < -0.3 is 14.8 Å². The van der Waals surface area contributed by atoms with Crippen LogP contribution >= 0.6 is 0 Å². The minimum absolute atomic E-state index is 0.00481. The van der Waals surface area contributed by atoms with Crippen LogP contribution in [0, 0.1) is 24.2 Å². The van der Waals surface area contributed by atoms with E-state index in [1.807, 2.05) is 33.0 Å². The van der Waals surface area contributed by atoms with Crippen molar-refractivity contribution in [3.8, 4) is 17.6 Å². The molecule has 0 heterocycles. The van der Waals surface area contributed by atoms with Gasteiger partial charge in [0.15, 0.2) is 11.5 Å². The maximum Gasteiger partial charge on any atom is 0.161 e. The van der Waals surface area contributed by atoms with Crippen molar-refractivity contribution in [1.29, 1.82) is 5.26 Å². The summed E-state index contributed by atoms with van der Waals surface area (Å²) in [6.45, 7) is 4.04. The lowest BCUT2D eigenvalue weighted by atomic mass is 9.89. The zero-order valence-corrected chi connectivity index (χ0v) is 12.3. The molecule has 19 heavy (non-hydrogen) atoms. The summed E-state index contributed by atoms with van der Waals surface area (Å²) in [4.78, 5) is 0. The summed E-state index contributed by atoms with van der Waals surface area (Å²) in [5.74, 6) is 1.33. The maximum atomic E-state index is 9.26. The lowest BCUT2D eigenvalue weighted by Crippen LogP contribution is -2.25. The molecule has 0 saturated heterocycles. The van der Waals surface area contributed by atoms with Crippen molar-refractivity contribution in [2.75, 3.05) is 21.3 Å². The van der Waals surface area contributed by atoms with Crippen molar-refractivity contribution in [2.45, 2.75) is 26.3 Å². The topological polar surface area (TPSA) is 54.3 Å². The normalized spacial score (nSPS) is 13.5. The van der Waals surface area contributed by atoms with E-state index in [9.17, 15) is 5.26 Å². The van der Waals surface area contributed by atoms with Crippen molar-refractivity contribution in [2.24, 2.45) is 5.92 Å². The van der Waals surface area contributed by atoms with Crippen LogP contribution in [0.1, 0.15) is 30.5 Å². The summed E-state index contributed by atoms with van der Waals surface area (Å²) < 4.78 is 10.6. The fourth-order valence-corrected chi connectivity index (χ4v) is 2.31.